The van der Waals surface area contributed by atoms with Crippen LogP contribution >= 0.6 is 0 Å². The van der Waals surface area contributed by atoms with Gasteiger partial charge < -0.3 is 14.5 Å². The topological polar surface area (TPSA) is 98.5 Å². The van der Waals surface area contributed by atoms with Gasteiger partial charge in [-0.2, -0.15) is 0 Å². The second-order valence-electron chi connectivity index (χ2n) is 5.97. The van der Waals surface area contributed by atoms with Crippen LogP contribution in [0.4, 0.5) is 5.69 Å². The van der Waals surface area contributed by atoms with E-state index in [4.69, 9.17) is 9.15 Å². The number of hydrogen-bond acceptors (Lipinski definition) is 6. The number of fused-ring (bicyclic) bond motifs is 6. The van der Waals surface area contributed by atoms with Gasteiger partial charge in [-0.05, 0) is 24.3 Å². The van der Waals surface area contributed by atoms with E-state index in [2.05, 4.69) is 10.3 Å². The number of hydrogen-bond donors (Lipinski definition) is 1. The van der Waals surface area contributed by atoms with Crippen LogP contribution in [0.1, 0.15) is 6.42 Å². The van der Waals surface area contributed by atoms with Gasteiger partial charge in [-0.25, -0.2) is 4.98 Å². The molecule has 3 heterocycles. The predicted molar refractivity (Wildman–Crippen MR) is 94.2 cm³/mol. The zero-order valence-electron chi connectivity index (χ0n) is 13.2. The van der Waals surface area contributed by atoms with Crippen molar-refractivity contribution in [3.05, 3.63) is 52.9 Å². The molecule has 0 saturated carbocycles. The zero-order chi connectivity index (χ0) is 17.8. The van der Waals surface area contributed by atoms with Crippen molar-refractivity contribution in [3.8, 4) is 5.75 Å². The number of benzene rings is 2. The van der Waals surface area contributed by atoms with Crippen molar-refractivity contribution in [2.45, 2.75) is 6.42 Å². The van der Waals surface area contributed by atoms with Crippen LogP contribution in [0.25, 0.3) is 32.8 Å². The molecule has 0 fully saturated rings. The number of amides is 1. The Hall–Kier alpha value is -3.74. The van der Waals surface area contributed by atoms with E-state index in [9.17, 15) is 14.4 Å². The number of rotatable bonds is 0. The van der Waals surface area contributed by atoms with Gasteiger partial charge in [0.05, 0.1) is 16.4 Å². The second-order valence-corrected chi connectivity index (χ2v) is 5.97. The van der Waals surface area contributed by atoms with Gasteiger partial charge >= 0.3 is 5.97 Å². The number of anilines is 1. The molecule has 0 atom stereocenters. The highest BCUT2D eigenvalue weighted by atomic mass is 16.5. The quantitative estimate of drug-likeness (QED) is 0.227. The summed E-state index contributed by atoms with van der Waals surface area (Å²) in [6.45, 7) is 0. The van der Waals surface area contributed by atoms with Gasteiger partial charge in [0.25, 0.3) is 0 Å². The number of para-hydroxylation sites is 1. The first-order valence-electron chi connectivity index (χ1n) is 7.89. The molecule has 0 radical (unpaired) electrons. The molecule has 7 heteroatoms. The van der Waals surface area contributed by atoms with Crippen LogP contribution in [0.15, 0.2) is 51.9 Å². The molecule has 0 aliphatic carbocycles. The number of pyridine rings is 1. The molecule has 1 amide bonds. The molecule has 0 saturated heterocycles. The fourth-order valence-electron chi connectivity index (χ4n) is 3.21. The summed E-state index contributed by atoms with van der Waals surface area (Å²) in [5.74, 6) is -1.09. The summed E-state index contributed by atoms with van der Waals surface area (Å²) >= 11 is 0. The molecular formula is C19H10N2O5. The Morgan fingerprint density at radius 2 is 1.85 bits per heavy atom. The Bertz CT molecular complexity index is 1320. The van der Waals surface area contributed by atoms with E-state index >= 15 is 0 Å². The van der Waals surface area contributed by atoms with E-state index in [1.54, 1.807) is 36.4 Å². The fourth-order valence-corrected chi connectivity index (χ4v) is 3.21. The van der Waals surface area contributed by atoms with Crippen LogP contribution in [0, 0.1) is 0 Å². The molecule has 2 aromatic heterocycles. The van der Waals surface area contributed by atoms with E-state index in [1.165, 1.54) is 6.26 Å². The maximum absolute atomic E-state index is 12.8. The highest BCUT2D eigenvalue weighted by Crippen LogP contribution is 2.38. The Labute approximate surface area is 145 Å². The lowest BCUT2D eigenvalue weighted by Gasteiger charge is -2.11. The third-order valence-corrected chi connectivity index (χ3v) is 4.35. The molecule has 126 valence electrons. The van der Waals surface area contributed by atoms with Crippen LogP contribution in [0.3, 0.4) is 0 Å². The molecule has 0 spiro atoms. The highest BCUT2D eigenvalue weighted by molar-refractivity contribution is 6.17. The lowest BCUT2D eigenvalue weighted by Crippen LogP contribution is -2.15. The molecule has 0 unspecified atom stereocenters. The number of nitrogens with zero attached hydrogens (tertiary/aromatic N) is 1. The van der Waals surface area contributed by atoms with Crippen molar-refractivity contribution in [1.82, 2.24) is 4.98 Å². The molecule has 5 rings (SSSR count). The SMILES string of the molecule is O=C1CC(=O)Oc2coc3ccc4c(=O)c5ccccc5nc4c3c2N1. The fraction of sp³-hybridized carbons (Fsp3) is 0.0526. The summed E-state index contributed by atoms with van der Waals surface area (Å²) in [5.41, 5.74) is 1.44. The van der Waals surface area contributed by atoms with E-state index < -0.39 is 18.3 Å². The van der Waals surface area contributed by atoms with Crippen molar-refractivity contribution >= 4 is 50.3 Å². The summed E-state index contributed by atoms with van der Waals surface area (Å²) in [5, 5.41) is 3.99. The average Bonchev–Trinajstić information content (AvgIpc) is 2.78. The Morgan fingerprint density at radius 3 is 2.73 bits per heavy atom. The van der Waals surface area contributed by atoms with Gasteiger partial charge in [-0.15, -0.1) is 0 Å². The van der Waals surface area contributed by atoms with Gasteiger partial charge in [-0.1, -0.05) is 12.1 Å². The van der Waals surface area contributed by atoms with Crippen LogP contribution in [-0.2, 0) is 9.59 Å². The number of nitrogens with one attached hydrogen (secondary N) is 1. The maximum Gasteiger partial charge on any atom is 0.320 e. The van der Waals surface area contributed by atoms with Crippen molar-refractivity contribution in [1.29, 1.82) is 0 Å². The van der Waals surface area contributed by atoms with E-state index in [1.807, 2.05) is 0 Å². The van der Waals surface area contributed by atoms with E-state index in [0.717, 1.165) is 0 Å². The van der Waals surface area contributed by atoms with Crippen molar-refractivity contribution in [2.24, 2.45) is 0 Å². The number of ether oxygens (including phenoxy) is 1. The highest BCUT2D eigenvalue weighted by Gasteiger charge is 2.25. The predicted octanol–water partition coefficient (Wildman–Crippen LogP) is 2.74. The first-order chi connectivity index (χ1) is 12.6. The van der Waals surface area contributed by atoms with Crippen molar-refractivity contribution < 1.29 is 18.7 Å². The molecule has 0 bridgehead atoms. The van der Waals surface area contributed by atoms with Crippen LogP contribution in [0.2, 0.25) is 0 Å². The van der Waals surface area contributed by atoms with E-state index in [0.29, 0.717) is 32.8 Å². The van der Waals surface area contributed by atoms with Gasteiger partial charge in [0, 0.05) is 10.8 Å². The number of esters is 1. The molecule has 1 aliphatic rings. The molecule has 1 N–H and O–H groups in total. The third-order valence-electron chi connectivity index (χ3n) is 4.35. The Balaban J connectivity index is 1.99. The molecule has 26 heavy (non-hydrogen) atoms. The third kappa shape index (κ3) is 2.00. The smallest absolute Gasteiger partial charge is 0.320 e. The first kappa shape index (κ1) is 14.6. The lowest BCUT2D eigenvalue weighted by atomic mass is 10.1. The second kappa shape index (κ2) is 5.13. The molecule has 2 aromatic carbocycles. The van der Waals surface area contributed by atoms with Gasteiger partial charge in [0.1, 0.15) is 24.0 Å². The lowest BCUT2D eigenvalue weighted by molar-refractivity contribution is -0.136. The molecular weight excluding hydrogens is 336 g/mol. The summed E-state index contributed by atoms with van der Waals surface area (Å²) in [6, 6.07) is 10.3. The molecule has 4 aromatic rings. The normalized spacial score (nSPS) is 14.2. The summed E-state index contributed by atoms with van der Waals surface area (Å²) in [4.78, 5) is 41.1. The largest absolute Gasteiger partial charge is 0.460 e. The summed E-state index contributed by atoms with van der Waals surface area (Å²) < 4.78 is 10.7. The van der Waals surface area contributed by atoms with Crippen LogP contribution in [0.5, 0.6) is 5.75 Å². The van der Waals surface area contributed by atoms with Gasteiger partial charge in [0.15, 0.2) is 11.2 Å². The zero-order valence-corrected chi connectivity index (χ0v) is 13.2. The number of carbonyl (C=O) groups is 2. The molecule has 7 nitrogen and oxygen atoms in total. The first-order valence-corrected chi connectivity index (χ1v) is 7.89. The number of aromatic nitrogens is 1. The van der Waals surface area contributed by atoms with Crippen LogP contribution in [-0.4, -0.2) is 16.9 Å². The summed E-state index contributed by atoms with van der Waals surface area (Å²) in [7, 11) is 0. The Morgan fingerprint density at radius 1 is 1.00 bits per heavy atom. The van der Waals surface area contributed by atoms with Crippen molar-refractivity contribution in [3.63, 3.8) is 0 Å². The maximum atomic E-state index is 12.8. The van der Waals surface area contributed by atoms with Crippen molar-refractivity contribution in [2.75, 3.05) is 5.32 Å². The van der Waals surface area contributed by atoms with E-state index in [-0.39, 0.29) is 16.9 Å². The van der Waals surface area contributed by atoms with Gasteiger partial charge in [-0.3, -0.25) is 14.4 Å². The number of carbonyl (C=O) groups excluding carboxylic acids is 2. The average molecular weight is 346 g/mol. The minimum Gasteiger partial charge on any atom is -0.460 e. The van der Waals surface area contributed by atoms with Gasteiger partial charge in [0.2, 0.25) is 5.91 Å². The standard InChI is InChI=1S/C19H10N2O5/c22-14-7-15(23)26-13-8-25-12-6-5-10-17(16(12)18(13)21-14)20-11-4-2-1-3-9(11)19(10)24/h1-6,8H,7H2,(H,21,22). The minimum absolute atomic E-state index is 0.0863. The summed E-state index contributed by atoms with van der Waals surface area (Å²) in [6.07, 6.45) is 0.857. The van der Waals surface area contributed by atoms with Crippen LogP contribution < -0.4 is 15.5 Å². The minimum atomic E-state index is -0.682. The molecule has 1 aliphatic heterocycles. The Kier molecular flexibility index (Phi) is 2.88. The monoisotopic (exact) mass is 346 g/mol.